The first-order valence-electron chi connectivity index (χ1n) is 13.6. The Bertz CT molecular complexity index is 1200. The Kier molecular flexibility index (Phi) is 15.2. The van der Waals surface area contributed by atoms with Gasteiger partial charge in [0.1, 0.15) is 18.3 Å². The van der Waals surface area contributed by atoms with Crippen LogP contribution in [-0.4, -0.2) is 71.8 Å². The molecule has 234 valence electrons. The van der Waals surface area contributed by atoms with Crippen LogP contribution in [0.5, 0.6) is 0 Å². The van der Waals surface area contributed by atoms with Crippen LogP contribution in [0.2, 0.25) is 0 Å². The minimum absolute atomic E-state index is 0.0553. The Morgan fingerprint density at radius 2 is 1.39 bits per heavy atom. The highest BCUT2D eigenvalue weighted by molar-refractivity contribution is 8.76. The van der Waals surface area contributed by atoms with Crippen LogP contribution in [0.1, 0.15) is 67.2 Å². The summed E-state index contributed by atoms with van der Waals surface area (Å²) < 4.78 is 12.7. The Morgan fingerprint density at radius 3 is 1.90 bits per heavy atom. The maximum atomic E-state index is 13.1. The summed E-state index contributed by atoms with van der Waals surface area (Å²) in [6.45, 7) is 13.1. The minimum atomic E-state index is -1.40. The van der Waals surface area contributed by atoms with Crippen LogP contribution in [0, 0.1) is 5.41 Å². The summed E-state index contributed by atoms with van der Waals surface area (Å²) in [5.74, 6) is 0.102. The summed E-state index contributed by atoms with van der Waals surface area (Å²) in [7, 11) is 2.83. The van der Waals surface area contributed by atoms with E-state index in [4.69, 9.17) is 9.47 Å². The first kappa shape index (κ1) is 36.7. The van der Waals surface area contributed by atoms with Crippen LogP contribution >= 0.6 is 21.6 Å². The Labute approximate surface area is 248 Å². The van der Waals surface area contributed by atoms with E-state index in [2.05, 4.69) is 6.58 Å². The van der Waals surface area contributed by atoms with Gasteiger partial charge in [0.2, 0.25) is 0 Å². The third-order valence-corrected chi connectivity index (χ3v) is 9.21. The van der Waals surface area contributed by atoms with Crippen molar-refractivity contribution in [2.75, 3.05) is 18.1 Å². The number of ether oxygens (including phenoxy) is 2. The van der Waals surface area contributed by atoms with Gasteiger partial charge in [0.25, 0.3) is 0 Å². The molecular weight excluding hydrogens is 574 g/mol. The van der Waals surface area contributed by atoms with E-state index in [1.807, 2.05) is 27.7 Å². The van der Waals surface area contributed by atoms with Gasteiger partial charge in [0, 0.05) is 11.5 Å². The summed E-state index contributed by atoms with van der Waals surface area (Å²) in [4.78, 5) is 62.7. The number of hydrogen-bond donors (Lipinski definition) is 2. The highest BCUT2D eigenvalue weighted by Crippen LogP contribution is 2.25. The first-order valence-corrected chi connectivity index (χ1v) is 16.1. The van der Waals surface area contributed by atoms with Crippen molar-refractivity contribution in [2.24, 2.45) is 5.41 Å². The lowest BCUT2D eigenvalue weighted by Gasteiger charge is -2.29. The molecule has 0 saturated carbocycles. The first-order chi connectivity index (χ1) is 19.1. The molecule has 0 aliphatic carbocycles. The lowest BCUT2D eigenvalue weighted by molar-refractivity contribution is -0.156. The summed E-state index contributed by atoms with van der Waals surface area (Å²) in [5, 5.41) is 21.1. The monoisotopic (exact) mass is 619 g/mol. The average molecular weight is 620 g/mol. The number of aromatic nitrogens is 3. The third kappa shape index (κ3) is 11.8. The lowest BCUT2D eigenvalue weighted by Crippen LogP contribution is -2.57. The van der Waals surface area contributed by atoms with Crippen molar-refractivity contribution in [2.45, 2.75) is 105 Å². The molecule has 1 aromatic rings. The van der Waals surface area contributed by atoms with Crippen molar-refractivity contribution >= 4 is 33.5 Å². The zero-order valence-corrected chi connectivity index (χ0v) is 26.6. The molecule has 1 heterocycles. The predicted molar refractivity (Wildman–Crippen MR) is 161 cm³/mol. The number of hydrogen-bond acceptors (Lipinski definition) is 11. The molecule has 0 fully saturated rings. The largest absolute Gasteiger partial charge is 0.463 e. The van der Waals surface area contributed by atoms with Gasteiger partial charge in [0.05, 0.1) is 38.6 Å². The zero-order valence-electron chi connectivity index (χ0n) is 24.9. The van der Waals surface area contributed by atoms with E-state index in [9.17, 15) is 34.2 Å². The van der Waals surface area contributed by atoms with Crippen LogP contribution in [0.3, 0.4) is 0 Å². The molecule has 0 spiro atoms. The predicted octanol–water partition coefficient (Wildman–Crippen LogP) is 1.95. The Morgan fingerprint density at radius 1 is 0.878 bits per heavy atom. The fraction of sp³-hybridized carbons (Fsp3) is 0.741. The number of nitrogens with zero attached hydrogens (tertiary/aromatic N) is 3. The van der Waals surface area contributed by atoms with Crippen LogP contribution < -0.4 is 17.1 Å². The maximum absolute atomic E-state index is 13.1. The SMILES string of the molecule is C=CCn1c(=O)n(CC(O)COC(=O)CCSSCCC(=O)OC(C)(C)CC)c(=O)n(CC(O)C(C)(C)CC)c1=O. The van der Waals surface area contributed by atoms with Crippen molar-refractivity contribution in [3.8, 4) is 0 Å². The fourth-order valence-corrected chi connectivity index (χ4v) is 5.20. The van der Waals surface area contributed by atoms with Gasteiger partial charge in [-0.2, -0.15) is 0 Å². The van der Waals surface area contributed by atoms with Crippen LogP contribution in [-0.2, 0) is 38.7 Å². The van der Waals surface area contributed by atoms with E-state index in [0.29, 0.717) is 22.5 Å². The zero-order chi connectivity index (χ0) is 31.4. The van der Waals surface area contributed by atoms with E-state index in [1.165, 1.54) is 27.7 Å². The molecule has 2 unspecified atom stereocenters. The van der Waals surface area contributed by atoms with E-state index in [1.54, 1.807) is 13.8 Å². The Balaban J connectivity index is 2.71. The average Bonchev–Trinajstić information content (AvgIpc) is 2.91. The summed E-state index contributed by atoms with van der Waals surface area (Å²) in [6, 6.07) is 0. The van der Waals surface area contributed by atoms with Gasteiger partial charge >= 0.3 is 29.0 Å². The molecule has 2 atom stereocenters. The summed E-state index contributed by atoms with van der Waals surface area (Å²) >= 11 is 0. The van der Waals surface area contributed by atoms with Gasteiger partial charge in [-0.25, -0.2) is 28.1 Å². The minimum Gasteiger partial charge on any atom is -0.463 e. The molecule has 0 radical (unpaired) electrons. The molecule has 1 aromatic heterocycles. The second-order valence-electron chi connectivity index (χ2n) is 10.9. The number of allylic oxidation sites excluding steroid dienone is 1. The van der Waals surface area contributed by atoms with Gasteiger partial charge in [-0.3, -0.25) is 9.59 Å². The number of carbonyl (C=O) groups is 2. The van der Waals surface area contributed by atoms with Crippen LogP contribution in [0.25, 0.3) is 0 Å². The van der Waals surface area contributed by atoms with Gasteiger partial charge in [-0.15, -0.1) is 6.58 Å². The standard InChI is InChI=1S/C27H45N3O9S2/c1-8-13-28-23(35)29(25(37)30(24(28)36)17-20(32)26(4,5)9-2)16-19(31)18-38-21(33)11-14-40-41-15-12-22(34)39-27(6,7)10-3/h8,19-20,31-32H,1,9-18H2,2-7H3. The quantitative estimate of drug-likeness (QED) is 0.101. The number of aliphatic hydroxyl groups is 2. The van der Waals surface area contributed by atoms with Crippen molar-refractivity contribution < 1.29 is 29.3 Å². The van der Waals surface area contributed by atoms with Gasteiger partial charge in [0.15, 0.2) is 0 Å². The maximum Gasteiger partial charge on any atom is 0.336 e. The number of esters is 2. The third-order valence-electron chi connectivity index (χ3n) is 6.80. The number of rotatable bonds is 19. The van der Waals surface area contributed by atoms with Crippen molar-refractivity contribution in [3.05, 3.63) is 44.1 Å². The highest BCUT2D eigenvalue weighted by Gasteiger charge is 2.28. The van der Waals surface area contributed by atoms with Gasteiger partial charge < -0.3 is 19.7 Å². The van der Waals surface area contributed by atoms with Gasteiger partial charge in [-0.1, -0.05) is 55.4 Å². The normalized spacial score (nSPS) is 13.5. The van der Waals surface area contributed by atoms with Crippen molar-refractivity contribution in [3.63, 3.8) is 0 Å². The molecule has 0 aliphatic heterocycles. The Hall–Kier alpha value is -2.29. The van der Waals surface area contributed by atoms with Crippen LogP contribution in [0.4, 0.5) is 0 Å². The lowest BCUT2D eigenvalue weighted by atomic mass is 9.84. The molecule has 0 aliphatic rings. The number of carbonyl (C=O) groups excluding carboxylic acids is 2. The molecule has 14 heteroatoms. The van der Waals surface area contributed by atoms with E-state index < -0.39 is 59.4 Å². The van der Waals surface area contributed by atoms with Crippen molar-refractivity contribution in [1.29, 1.82) is 0 Å². The summed E-state index contributed by atoms with van der Waals surface area (Å²) in [6.07, 6.45) is 0.484. The van der Waals surface area contributed by atoms with E-state index >= 15 is 0 Å². The molecule has 0 saturated heterocycles. The smallest absolute Gasteiger partial charge is 0.336 e. The van der Waals surface area contributed by atoms with Crippen LogP contribution in [0.15, 0.2) is 27.0 Å². The summed E-state index contributed by atoms with van der Waals surface area (Å²) in [5.41, 5.74) is -3.90. The molecular formula is C27H45N3O9S2. The highest BCUT2D eigenvalue weighted by atomic mass is 33.1. The van der Waals surface area contributed by atoms with Gasteiger partial charge in [-0.05, 0) is 32.1 Å². The second-order valence-corrected chi connectivity index (χ2v) is 13.6. The molecule has 41 heavy (non-hydrogen) atoms. The molecule has 12 nitrogen and oxygen atoms in total. The molecule has 1 rings (SSSR count). The molecule has 0 aromatic carbocycles. The van der Waals surface area contributed by atoms with E-state index in [-0.39, 0.29) is 31.9 Å². The number of aliphatic hydroxyl groups excluding tert-OH is 2. The second kappa shape index (κ2) is 17.0. The molecule has 0 bridgehead atoms. The fourth-order valence-electron chi connectivity index (χ4n) is 3.26. The van der Waals surface area contributed by atoms with Crippen molar-refractivity contribution in [1.82, 2.24) is 13.7 Å². The molecule has 2 N–H and O–H groups in total. The topological polar surface area (TPSA) is 159 Å². The van der Waals surface area contributed by atoms with E-state index in [0.717, 1.165) is 15.6 Å². The molecule has 0 amide bonds.